The topological polar surface area (TPSA) is 121 Å². The molecule has 0 aliphatic rings. The maximum Gasteiger partial charge on any atom is 0.316 e. The molecule has 3 amide bonds. The van der Waals surface area contributed by atoms with Crippen molar-refractivity contribution in [3.05, 3.63) is 0 Å². The number of hydrazine groups is 1. The molecule has 0 saturated carbocycles. The minimum Gasteiger partial charge on any atom is -0.481 e. The van der Waals surface area contributed by atoms with Crippen LogP contribution in [0.4, 0.5) is 0 Å². The van der Waals surface area contributed by atoms with Crippen molar-refractivity contribution < 1.29 is 24.3 Å². The van der Waals surface area contributed by atoms with Crippen molar-refractivity contribution in [2.45, 2.75) is 12.8 Å². The highest BCUT2D eigenvalue weighted by atomic mass is 16.4. The van der Waals surface area contributed by atoms with Crippen LogP contribution in [-0.4, -0.2) is 51.9 Å². The molecule has 0 bridgehead atoms. The number of aliphatic carboxylic acids is 1. The van der Waals surface area contributed by atoms with Gasteiger partial charge in [-0.3, -0.25) is 19.2 Å². The van der Waals surface area contributed by atoms with Crippen LogP contribution in [0.3, 0.4) is 0 Å². The van der Waals surface area contributed by atoms with Crippen LogP contribution in [-0.2, 0) is 19.2 Å². The molecule has 0 fully saturated rings. The summed E-state index contributed by atoms with van der Waals surface area (Å²) in [6.45, 7) is -0.629. The van der Waals surface area contributed by atoms with E-state index in [1.807, 2.05) is 0 Å². The van der Waals surface area contributed by atoms with Crippen LogP contribution in [0.2, 0.25) is 0 Å². The quantitative estimate of drug-likeness (QED) is 0.438. The molecule has 0 radical (unpaired) electrons. The fraction of sp³-hybridized carbons (Fsp3) is 0.333. The zero-order chi connectivity index (χ0) is 15.7. The van der Waals surface area contributed by atoms with E-state index < -0.39 is 30.1 Å². The Morgan fingerprint density at radius 2 is 1.35 bits per heavy atom. The van der Waals surface area contributed by atoms with Gasteiger partial charge in [0.2, 0.25) is 5.91 Å². The second-order valence-corrected chi connectivity index (χ2v) is 3.51. The maximum absolute atomic E-state index is 11.6. The third-order valence-electron chi connectivity index (χ3n) is 2.11. The first kappa shape index (κ1) is 17.0. The molecule has 20 heavy (non-hydrogen) atoms. The van der Waals surface area contributed by atoms with Gasteiger partial charge < -0.3 is 10.8 Å². The molecule has 0 unspecified atom stereocenters. The van der Waals surface area contributed by atoms with Crippen LogP contribution < -0.4 is 5.73 Å². The average Bonchev–Trinajstić information content (AvgIpc) is 2.40. The molecule has 0 heterocycles. The monoisotopic (exact) mass is 279 g/mol. The van der Waals surface area contributed by atoms with Gasteiger partial charge in [0.15, 0.2) is 0 Å². The molecular formula is C12H13N3O5. The van der Waals surface area contributed by atoms with Crippen LogP contribution in [0.25, 0.3) is 0 Å². The van der Waals surface area contributed by atoms with Gasteiger partial charge in [0.1, 0.15) is 0 Å². The lowest BCUT2D eigenvalue weighted by Crippen LogP contribution is -2.50. The summed E-state index contributed by atoms with van der Waals surface area (Å²) in [7, 11) is 0. The number of terminal acetylenes is 2. The van der Waals surface area contributed by atoms with E-state index in [9.17, 15) is 19.2 Å². The van der Waals surface area contributed by atoms with E-state index in [1.165, 1.54) is 0 Å². The Bertz CT molecular complexity index is 454. The third kappa shape index (κ3) is 5.56. The van der Waals surface area contributed by atoms with Crippen LogP contribution in [0.5, 0.6) is 0 Å². The number of carbonyl (C=O) groups is 4. The number of amides is 3. The first-order valence-corrected chi connectivity index (χ1v) is 5.39. The number of nitrogens with zero attached hydrogens (tertiary/aromatic N) is 2. The highest BCUT2D eigenvalue weighted by molar-refractivity contribution is 5.98. The van der Waals surface area contributed by atoms with Crippen molar-refractivity contribution in [3.63, 3.8) is 0 Å². The molecule has 0 rings (SSSR count). The van der Waals surface area contributed by atoms with Crippen molar-refractivity contribution in [1.82, 2.24) is 10.0 Å². The van der Waals surface area contributed by atoms with Gasteiger partial charge in [-0.25, -0.2) is 10.0 Å². The molecule has 106 valence electrons. The Labute approximate surface area is 115 Å². The Morgan fingerprint density at radius 1 is 0.950 bits per heavy atom. The number of carboxylic acids is 1. The first-order chi connectivity index (χ1) is 9.33. The largest absolute Gasteiger partial charge is 0.481 e. The Hall–Kier alpha value is -3.00. The summed E-state index contributed by atoms with van der Waals surface area (Å²) >= 11 is 0. The Morgan fingerprint density at radius 3 is 1.65 bits per heavy atom. The van der Waals surface area contributed by atoms with E-state index >= 15 is 0 Å². The van der Waals surface area contributed by atoms with E-state index in [0.29, 0.717) is 5.01 Å². The maximum atomic E-state index is 11.6. The number of carboxylic acid groups (broad SMARTS) is 1. The van der Waals surface area contributed by atoms with Gasteiger partial charge in [0, 0.05) is 6.42 Å². The van der Waals surface area contributed by atoms with Crippen molar-refractivity contribution in [1.29, 1.82) is 0 Å². The molecule has 0 aromatic rings. The predicted molar refractivity (Wildman–Crippen MR) is 67.2 cm³/mol. The van der Waals surface area contributed by atoms with E-state index in [1.54, 1.807) is 11.8 Å². The molecule has 0 spiro atoms. The van der Waals surface area contributed by atoms with Crippen molar-refractivity contribution in [3.8, 4) is 24.7 Å². The van der Waals surface area contributed by atoms with Crippen LogP contribution in [0.15, 0.2) is 0 Å². The lowest BCUT2D eigenvalue weighted by Gasteiger charge is -2.31. The Balaban J connectivity index is 5.18. The highest BCUT2D eigenvalue weighted by Gasteiger charge is 2.24. The summed E-state index contributed by atoms with van der Waals surface area (Å²) in [4.78, 5) is 44.4. The first-order valence-electron chi connectivity index (χ1n) is 5.39. The fourth-order valence-electron chi connectivity index (χ4n) is 1.23. The van der Waals surface area contributed by atoms with Crippen LogP contribution in [0.1, 0.15) is 12.8 Å². The standard InChI is InChI=1S/C12H13N3O5/c1-3-10(17)14(7-5-9(13)16)15(11(18)4-2)8-6-12(19)20/h1-2H,5-8H2,(H2,13,16)(H,19,20). The van der Waals surface area contributed by atoms with Gasteiger partial charge >= 0.3 is 17.8 Å². The molecule has 0 aliphatic carbocycles. The lowest BCUT2D eigenvalue weighted by atomic mass is 10.3. The van der Waals surface area contributed by atoms with Crippen LogP contribution in [0, 0.1) is 24.7 Å². The number of hydrogen-bond acceptors (Lipinski definition) is 4. The molecule has 8 heteroatoms. The van der Waals surface area contributed by atoms with Gasteiger partial charge in [-0.1, -0.05) is 0 Å². The minimum absolute atomic E-state index is 0.255. The number of primary amides is 1. The molecule has 0 aliphatic heterocycles. The molecule has 0 atom stereocenters. The van der Waals surface area contributed by atoms with Crippen molar-refractivity contribution >= 4 is 23.7 Å². The van der Waals surface area contributed by atoms with Gasteiger partial charge in [-0.2, -0.15) is 0 Å². The lowest BCUT2D eigenvalue weighted by molar-refractivity contribution is -0.158. The molecule has 0 aromatic heterocycles. The van der Waals surface area contributed by atoms with Gasteiger partial charge in [0.05, 0.1) is 19.5 Å². The Kier molecular flexibility index (Phi) is 6.94. The summed E-state index contributed by atoms with van der Waals surface area (Å²) in [6, 6.07) is 0. The summed E-state index contributed by atoms with van der Waals surface area (Å²) < 4.78 is 0. The normalized spacial score (nSPS) is 8.90. The third-order valence-corrected chi connectivity index (χ3v) is 2.11. The highest BCUT2D eigenvalue weighted by Crippen LogP contribution is 2.03. The van der Waals surface area contributed by atoms with Gasteiger partial charge in [0.25, 0.3) is 0 Å². The van der Waals surface area contributed by atoms with E-state index in [0.717, 1.165) is 5.01 Å². The SMILES string of the molecule is C#CC(=O)N(CCC(N)=O)N(CCC(=O)O)C(=O)C#C. The summed E-state index contributed by atoms with van der Waals surface area (Å²) in [5.41, 5.74) is 4.95. The zero-order valence-electron chi connectivity index (χ0n) is 10.5. The number of rotatable bonds is 6. The summed E-state index contributed by atoms with van der Waals surface area (Å²) in [6.07, 6.45) is 9.19. The summed E-state index contributed by atoms with van der Waals surface area (Å²) in [5.74, 6) is -0.272. The molecule has 0 aromatic carbocycles. The average molecular weight is 279 g/mol. The second kappa shape index (κ2) is 8.16. The molecular weight excluding hydrogens is 266 g/mol. The molecule has 8 nitrogen and oxygen atoms in total. The number of hydrogen-bond donors (Lipinski definition) is 2. The van der Waals surface area contributed by atoms with Crippen molar-refractivity contribution in [2.75, 3.05) is 13.1 Å². The summed E-state index contributed by atoms with van der Waals surface area (Å²) in [5, 5.41) is 10.0. The van der Waals surface area contributed by atoms with E-state index in [-0.39, 0.29) is 19.5 Å². The van der Waals surface area contributed by atoms with Gasteiger partial charge in [-0.15, -0.1) is 12.8 Å². The predicted octanol–water partition coefficient (Wildman–Crippen LogP) is -1.82. The van der Waals surface area contributed by atoms with Crippen LogP contribution >= 0.6 is 0 Å². The fourth-order valence-corrected chi connectivity index (χ4v) is 1.23. The molecule has 3 N–H and O–H groups in total. The van der Waals surface area contributed by atoms with E-state index in [2.05, 4.69) is 0 Å². The molecule has 0 saturated heterocycles. The van der Waals surface area contributed by atoms with Crippen molar-refractivity contribution in [2.24, 2.45) is 5.73 Å². The number of nitrogens with two attached hydrogens (primary N) is 1. The zero-order valence-corrected chi connectivity index (χ0v) is 10.5. The second-order valence-electron chi connectivity index (χ2n) is 3.51. The minimum atomic E-state index is -1.19. The van der Waals surface area contributed by atoms with E-state index in [4.69, 9.17) is 23.7 Å². The number of carbonyl (C=O) groups excluding carboxylic acids is 3. The smallest absolute Gasteiger partial charge is 0.316 e. The van der Waals surface area contributed by atoms with Gasteiger partial charge in [-0.05, 0) is 11.8 Å².